The molecule has 2 rings (SSSR count). The smallest absolute Gasteiger partial charge is 0.160 e. The molecule has 0 radical (unpaired) electrons. The van der Waals surface area contributed by atoms with E-state index < -0.39 is 0 Å². The summed E-state index contributed by atoms with van der Waals surface area (Å²) in [5.74, 6) is 0.656. The lowest BCUT2D eigenvalue weighted by Crippen LogP contribution is -2.17. The number of phenols is 1. The van der Waals surface area contributed by atoms with Gasteiger partial charge in [0.05, 0.1) is 7.11 Å². The van der Waals surface area contributed by atoms with Gasteiger partial charge in [0.15, 0.2) is 11.5 Å². The zero-order valence-electron chi connectivity index (χ0n) is 10.4. The first-order chi connectivity index (χ1) is 8.70. The molecule has 1 heterocycles. The molecule has 4 nitrogen and oxygen atoms in total. The number of nitrogens with one attached hydrogen (secondary N) is 1. The second kappa shape index (κ2) is 5.84. The summed E-state index contributed by atoms with van der Waals surface area (Å²) in [6.45, 7) is 2.81. The topological polar surface area (TPSA) is 54.4 Å². The number of benzene rings is 1. The van der Waals surface area contributed by atoms with Crippen molar-refractivity contribution < 1.29 is 9.84 Å². The predicted molar refractivity (Wildman–Crippen MR) is 72.0 cm³/mol. The van der Waals surface area contributed by atoms with Crippen LogP contribution in [0.3, 0.4) is 0 Å². The SMILES string of the molecule is COc1cc(C(C)NCc2nccs2)ccc1O. The quantitative estimate of drug-likeness (QED) is 0.872. The molecule has 1 atom stereocenters. The summed E-state index contributed by atoms with van der Waals surface area (Å²) in [6, 6.07) is 5.55. The van der Waals surface area contributed by atoms with Gasteiger partial charge in [-0.2, -0.15) is 0 Å². The lowest BCUT2D eigenvalue weighted by atomic mass is 10.1. The fourth-order valence-corrected chi connectivity index (χ4v) is 2.23. The maximum absolute atomic E-state index is 9.54. The second-order valence-corrected chi connectivity index (χ2v) is 4.94. The molecule has 2 aromatic rings. The Labute approximate surface area is 110 Å². The van der Waals surface area contributed by atoms with Crippen molar-refractivity contribution in [1.82, 2.24) is 10.3 Å². The normalized spacial score (nSPS) is 12.3. The van der Waals surface area contributed by atoms with E-state index in [0.717, 1.165) is 17.1 Å². The number of phenolic OH excluding ortho intramolecular Hbond substituents is 1. The van der Waals surface area contributed by atoms with Crippen LogP contribution in [0.1, 0.15) is 23.5 Å². The highest BCUT2D eigenvalue weighted by atomic mass is 32.1. The third-order valence-corrected chi connectivity index (χ3v) is 3.53. The maximum Gasteiger partial charge on any atom is 0.160 e. The van der Waals surface area contributed by atoms with Crippen molar-refractivity contribution >= 4 is 11.3 Å². The van der Waals surface area contributed by atoms with Crippen LogP contribution in [-0.4, -0.2) is 17.2 Å². The molecule has 5 heteroatoms. The predicted octanol–water partition coefficient (Wildman–Crippen LogP) is 2.71. The van der Waals surface area contributed by atoms with Gasteiger partial charge in [-0.05, 0) is 24.6 Å². The molecule has 0 fully saturated rings. The van der Waals surface area contributed by atoms with Crippen LogP contribution in [0, 0.1) is 0 Å². The minimum atomic E-state index is 0.161. The van der Waals surface area contributed by atoms with Gasteiger partial charge in [-0.3, -0.25) is 0 Å². The lowest BCUT2D eigenvalue weighted by molar-refractivity contribution is 0.372. The summed E-state index contributed by atoms with van der Waals surface area (Å²) in [7, 11) is 1.55. The molecule has 1 aromatic carbocycles. The number of rotatable bonds is 5. The number of ether oxygens (including phenoxy) is 1. The fourth-order valence-electron chi connectivity index (χ4n) is 1.66. The molecule has 0 aliphatic carbocycles. The standard InChI is InChI=1S/C13H16N2O2S/c1-9(15-8-13-14-5-6-18-13)10-3-4-11(16)12(7-10)17-2/h3-7,9,15-16H,8H2,1-2H3. The van der Waals surface area contributed by atoms with Gasteiger partial charge >= 0.3 is 0 Å². The molecule has 1 unspecified atom stereocenters. The van der Waals surface area contributed by atoms with Crippen LogP contribution in [0.2, 0.25) is 0 Å². The Bertz CT molecular complexity index is 500. The van der Waals surface area contributed by atoms with Crippen LogP contribution >= 0.6 is 11.3 Å². The van der Waals surface area contributed by atoms with E-state index >= 15 is 0 Å². The van der Waals surface area contributed by atoms with E-state index in [1.165, 1.54) is 0 Å². The van der Waals surface area contributed by atoms with Gasteiger partial charge in [-0.25, -0.2) is 4.98 Å². The van der Waals surface area contributed by atoms with E-state index in [1.807, 2.05) is 17.5 Å². The molecular weight excluding hydrogens is 248 g/mol. The molecular formula is C13H16N2O2S. The summed E-state index contributed by atoms with van der Waals surface area (Å²) in [4.78, 5) is 4.22. The van der Waals surface area contributed by atoms with Crippen molar-refractivity contribution in [3.8, 4) is 11.5 Å². The van der Waals surface area contributed by atoms with Crippen LogP contribution in [0.5, 0.6) is 11.5 Å². The number of methoxy groups -OCH3 is 1. The molecule has 0 bridgehead atoms. The number of aromatic hydroxyl groups is 1. The highest BCUT2D eigenvalue weighted by molar-refractivity contribution is 7.09. The second-order valence-electron chi connectivity index (χ2n) is 3.96. The van der Waals surface area contributed by atoms with Crippen molar-refractivity contribution in [1.29, 1.82) is 0 Å². The molecule has 0 spiro atoms. The average molecular weight is 264 g/mol. The van der Waals surface area contributed by atoms with Crippen molar-refractivity contribution in [2.24, 2.45) is 0 Å². The van der Waals surface area contributed by atoms with Crippen LogP contribution in [0.15, 0.2) is 29.8 Å². The van der Waals surface area contributed by atoms with Gasteiger partial charge < -0.3 is 15.2 Å². The first-order valence-electron chi connectivity index (χ1n) is 5.69. The minimum Gasteiger partial charge on any atom is -0.504 e. The number of thiazole rings is 1. The summed E-state index contributed by atoms with van der Waals surface area (Å²) in [5, 5.41) is 16.0. The zero-order chi connectivity index (χ0) is 13.0. The van der Waals surface area contributed by atoms with E-state index in [0.29, 0.717) is 5.75 Å². The van der Waals surface area contributed by atoms with E-state index in [2.05, 4.69) is 17.2 Å². The molecule has 0 saturated heterocycles. The Morgan fingerprint density at radius 3 is 3.00 bits per heavy atom. The number of aromatic nitrogens is 1. The van der Waals surface area contributed by atoms with E-state index in [4.69, 9.17) is 4.74 Å². The van der Waals surface area contributed by atoms with Gasteiger partial charge in [0.2, 0.25) is 0 Å². The van der Waals surface area contributed by atoms with Gasteiger partial charge in [0, 0.05) is 24.2 Å². The highest BCUT2D eigenvalue weighted by Crippen LogP contribution is 2.28. The van der Waals surface area contributed by atoms with E-state index in [9.17, 15) is 5.11 Å². The molecule has 1 aromatic heterocycles. The Kier molecular flexibility index (Phi) is 4.17. The van der Waals surface area contributed by atoms with Gasteiger partial charge in [0.25, 0.3) is 0 Å². The van der Waals surface area contributed by atoms with Crippen molar-refractivity contribution in [3.05, 3.63) is 40.3 Å². The average Bonchev–Trinajstić information content (AvgIpc) is 2.89. The molecule has 0 aliphatic rings. The van der Waals surface area contributed by atoms with Crippen molar-refractivity contribution in [3.63, 3.8) is 0 Å². The fraction of sp³-hybridized carbons (Fsp3) is 0.308. The Hall–Kier alpha value is -1.59. The Morgan fingerprint density at radius 1 is 1.50 bits per heavy atom. The summed E-state index contributed by atoms with van der Waals surface area (Å²) < 4.78 is 5.10. The number of hydrogen-bond donors (Lipinski definition) is 2. The van der Waals surface area contributed by atoms with Crippen molar-refractivity contribution in [2.75, 3.05) is 7.11 Å². The summed E-state index contributed by atoms with van der Waals surface area (Å²) >= 11 is 1.63. The van der Waals surface area contributed by atoms with Crippen LogP contribution in [-0.2, 0) is 6.54 Å². The minimum absolute atomic E-state index is 0.161. The first-order valence-corrected chi connectivity index (χ1v) is 6.57. The number of nitrogens with zero attached hydrogens (tertiary/aromatic N) is 1. The molecule has 96 valence electrons. The first kappa shape index (κ1) is 12.9. The van der Waals surface area contributed by atoms with Crippen LogP contribution in [0.4, 0.5) is 0 Å². The lowest BCUT2D eigenvalue weighted by Gasteiger charge is -2.14. The Morgan fingerprint density at radius 2 is 2.33 bits per heavy atom. The van der Waals surface area contributed by atoms with E-state index in [1.54, 1.807) is 30.7 Å². The largest absolute Gasteiger partial charge is 0.504 e. The van der Waals surface area contributed by atoms with Crippen molar-refractivity contribution in [2.45, 2.75) is 19.5 Å². The monoisotopic (exact) mass is 264 g/mol. The maximum atomic E-state index is 9.54. The third-order valence-electron chi connectivity index (χ3n) is 2.75. The third kappa shape index (κ3) is 3.00. The Balaban J connectivity index is 2.02. The van der Waals surface area contributed by atoms with Crippen LogP contribution < -0.4 is 10.1 Å². The van der Waals surface area contributed by atoms with Gasteiger partial charge in [-0.15, -0.1) is 11.3 Å². The van der Waals surface area contributed by atoms with E-state index in [-0.39, 0.29) is 11.8 Å². The molecule has 0 saturated carbocycles. The van der Waals surface area contributed by atoms with Gasteiger partial charge in [-0.1, -0.05) is 6.07 Å². The molecule has 0 amide bonds. The zero-order valence-corrected chi connectivity index (χ0v) is 11.2. The summed E-state index contributed by atoms with van der Waals surface area (Å²) in [5.41, 5.74) is 1.07. The summed E-state index contributed by atoms with van der Waals surface area (Å²) in [6.07, 6.45) is 1.80. The molecule has 2 N–H and O–H groups in total. The molecule has 18 heavy (non-hydrogen) atoms. The number of hydrogen-bond acceptors (Lipinski definition) is 5. The molecule has 0 aliphatic heterocycles. The highest BCUT2D eigenvalue weighted by Gasteiger charge is 2.09. The van der Waals surface area contributed by atoms with Crippen LogP contribution in [0.25, 0.3) is 0 Å². The van der Waals surface area contributed by atoms with Gasteiger partial charge in [0.1, 0.15) is 5.01 Å².